The molecule has 206 valence electrons. The highest BCUT2D eigenvalue weighted by atomic mass is 15.2. The third-order valence-corrected chi connectivity index (χ3v) is 8.05. The first-order valence-electron chi connectivity index (χ1n) is 14.5. The summed E-state index contributed by atoms with van der Waals surface area (Å²) >= 11 is 0. The predicted molar refractivity (Wildman–Crippen MR) is 177 cm³/mol. The fourth-order valence-electron chi connectivity index (χ4n) is 5.94. The molecule has 0 aliphatic carbocycles. The van der Waals surface area contributed by atoms with E-state index in [2.05, 4.69) is 119 Å². The molecule has 2 aliphatic heterocycles. The Kier molecular flexibility index (Phi) is 6.19. The van der Waals surface area contributed by atoms with Crippen LogP contribution in [0.15, 0.2) is 167 Å². The van der Waals surface area contributed by atoms with E-state index in [1.54, 1.807) is 0 Å². The average molecular weight is 555 g/mol. The Hall–Kier alpha value is -5.68. The van der Waals surface area contributed by atoms with Crippen molar-refractivity contribution in [2.45, 2.75) is 12.3 Å². The summed E-state index contributed by atoms with van der Waals surface area (Å²) in [6, 6.07) is 46.2. The lowest BCUT2D eigenvalue weighted by Gasteiger charge is -2.35. The van der Waals surface area contributed by atoms with Crippen molar-refractivity contribution in [2.75, 3.05) is 0 Å². The Bertz CT molecular complexity index is 2070. The Morgan fingerprint density at radius 2 is 1.23 bits per heavy atom. The predicted octanol–water partition coefficient (Wildman–Crippen LogP) is 8.93. The molecule has 0 fully saturated rings. The molecule has 5 aromatic carbocycles. The topological polar surface area (TPSA) is 55.8 Å². The van der Waals surface area contributed by atoms with Gasteiger partial charge in [-0.15, -0.1) is 0 Å². The highest BCUT2D eigenvalue weighted by Gasteiger charge is 2.21. The van der Waals surface area contributed by atoms with Crippen LogP contribution in [-0.2, 0) is 0 Å². The van der Waals surface area contributed by atoms with Gasteiger partial charge in [0.15, 0.2) is 6.17 Å². The number of fused-ring (bicyclic) bond motifs is 3. The molecule has 2 atom stereocenters. The molecule has 0 saturated heterocycles. The van der Waals surface area contributed by atoms with Crippen molar-refractivity contribution in [3.8, 4) is 11.1 Å². The molecule has 0 radical (unpaired) electrons. The smallest absolute Gasteiger partial charge is 0.169 e. The largest absolute Gasteiger partial charge is 0.667 e. The highest BCUT2D eigenvalue weighted by Crippen LogP contribution is 2.38. The lowest BCUT2D eigenvalue weighted by atomic mass is 10.0. The quantitative estimate of drug-likeness (QED) is 0.227. The number of aliphatic imine (C=N–C) groups is 2. The minimum absolute atomic E-state index is 0.187. The van der Waals surface area contributed by atoms with Gasteiger partial charge >= 0.3 is 0 Å². The van der Waals surface area contributed by atoms with Crippen molar-refractivity contribution in [3.63, 3.8) is 0 Å². The molecule has 0 saturated carbocycles. The van der Waals surface area contributed by atoms with Gasteiger partial charge in [-0.2, -0.15) is 6.20 Å². The number of nitrogens with one attached hydrogen (secondary N) is 1. The first-order valence-corrected chi connectivity index (χ1v) is 14.5. The number of benzene rings is 5. The third kappa shape index (κ3) is 4.61. The summed E-state index contributed by atoms with van der Waals surface area (Å²) in [7, 11) is 0. The summed E-state index contributed by atoms with van der Waals surface area (Å²) in [6.07, 6.45) is 5.70. The van der Waals surface area contributed by atoms with Crippen LogP contribution in [0.5, 0.6) is 0 Å². The van der Waals surface area contributed by atoms with E-state index >= 15 is 0 Å². The molecule has 0 bridgehead atoms. The van der Waals surface area contributed by atoms with Crippen LogP contribution < -0.4 is 5.32 Å². The van der Waals surface area contributed by atoms with Crippen molar-refractivity contribution in [1.82, 2.24) is 9.88 Å². The van der Waals surface area contributed by atoms with Crippen LogP contribution in [0.4, 0.5) is 0 Å². The van der Waals surface area contributed by atoms with Crippen molar-refractivity contribution >= 4 is 33.5 Å². The van der Waals surface area contributed by atoms with Crippen LogP contribution in [0.1, 0.15) is 23.5 Å². The fourth-order valence-corrected chi connectivity index (χ4v) is 5.94. The summed E-state index contributed by atoms with van der Waals surface area (Å²) in [6.45, 7) is 0. The van der Waals surface area contributed by atoms with Crippen LogP contribution >= 0.6 is 0 Å². The Labute approximate surface area is 250 Å². The third-order valence-electron chi connectivity index (χ3n) is 8.05. The zero-order valence-corrected chi connectivity index (χ0v) is 23.4. The Balaban J connectivity index is 1.16. The van der Waals surface area contributed by atoms with E-state index in [0.29, 0.717) is 0 Å². The van der Waals surface area contributed by atoms with Gasteiger partial charge < -0.3 is 15.2 Å². The molecule has 1 aromatic heterocycles. The van der Waals surface area contributed by atoms with Crippen LogP contribution in [0.2, 0.25) is 0 Å². The van der Waals surface area contributed by atoms with E-state index in [0.717, 1.165) is 39.4 Å². The second-order valence-electron chi connectivity index (χ2n) is 10.7. The molecule has 2 aliphatic rings. The number of amidine groups is 2. The maximum absolute atomic E-state index is 5.08. The van der Waals surface area contributed by atoms with Crippen molar-refractivity contribution in [3.05, 3.63) is 174 Å². The molecule has 1 N–H and O–H groups in total. The molecule has 5 nitrogen and oxygen atoms in total. The molecule has 6 aromatic rings. The number of rotatable bonds is 5. The van der Waals surface area contributed by atoms with E-state index in [-0.39, 0.29) is 12.3 Å². The number of hydrogen-bond acceptors (Lipinski definition) is 3. The van der Waals surface area contributed by atoms with Gasteiger partial charge in [0.05, 0.1) is 0 Å². The summed E-state index contributed by atoms with van der Waals surface area (Å²) in [4.78, 5) is 9.97. The van der Waals surface area contributed by atoms with Gasteiger partial charge in [0.25, 0.3) is 0 Å². The Morgan fingerprint density at radius 1 is 0.581 bits per heavy atom. The van der Waals surface area contributed by atoms with E-state index in [1.165, 1.54) is 21.9 Å². The molecule has 43 heavy (non-hydrogen) atoms. The standard InChI is InChI=1S/C38H28N5/c1-4-12-26(13-5-1)29-20-22-32-31-18-10-11-19-33(31)43(34(32)24-29)35-23-21-30(25-39-35)38-41-36(27-14-6-2-7-15-27)40-37(42-38)28-16-8-3-9-17-28/h1-25,35-36H,(H,40,41,42)/q-1. The van der Waals surface area contributed by atoms with Gasteiger partial charge in [-0.05, 0) is 40.6 Å². The van der Waals surface area contributed by atoms with Gasteiger partial charge in [0, 0.05) is 27.4 Å². The monoisotopic (exact) mass is 554 g/mol. The van der Waals surface area contributed by atoms with Crippen molar-refractivity contribution < 1.29 is 0 Å². The lowest BCUT2D eigenvalue weighted by Crippen LogP contribution is -2.36. The normalized spacial score (nSPS) is 18.0. The van der Waals surface area contributed by atoms with Crippen molar-refractivity contribution in [2.24, 2.45) is 9.98 Å². The molecule has 5 heteroatoms. The molecular weight excluding hydrogens is 526 g/mol. The van der Waals surface area contributed by atoms with Crippen LogP contribution in [0.25, 0.3) is 38.2 Å². The van der Waals surface area contributed by atoms with E-state index in [9.17, 15) is 0 Å². The lowest BCUT2D eigenvalue weighted by molar-refractivity contribution is 0.746. The van der Waals surface area contributed by atoms with Crippen LogP contribution in [0, 0.1) is 0 Å². The SMILES string of the molecule is C1=CC(n2c3ccccc3c3ccc(-c4ccccc4)cc32)[N-]C=C1C1=NC(c2ccccc2)N=C(c2ccccc2)N1. The fraction of sp³-hybridized carbons (Fsp3) is 0.0526. The number of aromatic nitrogens is 1. The van der Waals surface area contributed by atoms with Gasteiger partial charge in [-0.1, -0.05) is 133 Å². The summed E-state index contributed by atoms with van der Waals surface area (Å²) in [5.74, 6) is 1.56. The second-order valence-corrected chi connectivity index (χ2v) is 10.7. The molecule has 3 heterocycles. The van der Waals surface area contributed by atoms with E-state index in [4.69, 9.17) is 15.3 Å². The number of para-hydroxylation sites is 1. The Morgan fingerprint density at radius 3 is 1.98 bits per heavy atom. The number of nitrogens with zero attached hydrogens (tertiary/aromatic N) is 4. The average Bonchev–Trinajstić information content (AvgIpc) is 3.43. The van der Waals surface area contributed by atoms with E-state index < -0.39 is 0 Å². The maximum atomic E-state index is 5.08. The molecular formula is C38H28N5-. The van der Waals surface area contributed by atoms with Gasteiger partial charge in [0.2, 0.25) is 0 Å². The minimum atomic E-state index is -0.339. The molecule has 2 unspecified atom stereocenters. The van der Waals surface area contributed by atoms with Gasteiger partial charge in [-0.25, -0.2) is 9.98 Å². The van der Waals surface area contributed by atoms with Gasteiger partial charge in [-0.3, -0.25) is 0 Å². The van der Waals surface area contributed by atoms with Gasteiger partial charge in [0.1, 0.15) is 11.7 Å². The van der Waals surface area contributed by atoms with E-state index in [1.807, 2.05) is 42.6 Å². The second kappa shape index (κ2) is 10.6. The highest BCUT2D eigenvalue weighted by molar-refractivity contribution is 6.17. The van der Waals surface area contributed by atoms with Crippen molar-refractivity contribution in [1.29, 1.82) is 0 Å². The summed E-state index contributed by atoms with van der Waals surface area (Å²) in [5.41, 5.74) is 7.70. The molecule has 0 spiro atoms. The van der Waals surface area contributed by atoms with Crippen LogP contribution in [0.3, 0.4) is 0 Å². The zero-order valence-electron chi connectivity index (χ0n) is 23.4. The molecule has 8 rings (SSSR count). The zero-order chi connectivity index (χ0) is 28.6. The first kappa shape index (κ1) is 25.1. The van der Waals surface area contributed by atoms with Crippen LogP contribution in [-0.4, -0.2) is 16.2 Å². The number of hydrogen-bond donors (Lipinski definition) is 1. The minimum Gasteiger partial charge on any atom is -0.667 e. The maximum Gasteiger partial charge on any atom is 0.169 e. The summed E-state index contributed by atoms with van der Waals surface area (Å²) in [5, 5.41) is 11.0. The summed E-state index contributed by atoms with van der Waals surface area (Å²) < 4.78 is 2.33. The molecule has 0 amide bonds. The first-order chi connectivity index (χ1) is 21.3.